The fraction of sp³-hybridized carbons (Fsp3) is 0.667. The Morgan fingerprint density at radius 3 is 2.26 bits per heavy atom. The molecule has 35 heavy (non-hydrogen) atoms. The highest BCUT2D eigenvalue weighted by Gasteiger charge is 2.16. The van der Waals surface area contributed by atoms with Crippen molar-refractivity contribution in [3.05, 3.63) is 33.8 Å². The summed E-state index contributed by atoms with van der Waals surface area (Å²) in [6.07, 6.45) is 2.28. The molecule has 0 saturated carbocycles. The number of nitriles is 1. The first-order chi connectivity index (χ1) is 16.9. The minimum atomic E-state index is -3.59. The summed E-state index contributed by atoms with van der Waals surface area (Å²) >= 11 is 0. The number of aryl methyl sites for hydroxylation is 1. The van der Waals surface area contributed by atoms with Crippen LogP contribution in [0.4, 0.5) is 0 Å². The summed E-state index contributed by atoms with van der Waals surface area (Å²) in [7, 11) is -3.59. The molecule has 0 aromatic carbocycles. The molecule has 0 atom stereocenters. The van der Waals surface area contributed by atoms with Gasteiger partial charge in [-0.25, -0.2) is 13.4 Å². The summed E-state index contributed by atoms with van der Waals surface area (Å²) in [6, 6.07) is 4.88. The van der Waals surface area contributed by atoms with E-state index in [2.05, 4.69) is 20.3 Å². The third-order valence-corrected chi connectivity index (χ3v) is 5.32. The summed E-state index contributed by atoms with van der Waals surface area (Å²) < 4.78 is 44.7. The summed E-state index contributed by atoms with van der Waals surface area (Å²) in [4.78, 5) is 18.5. The molecule has 0 radical (unpaired) electrons. The smallest absolute Gasteiger partial charge is 0.222 e. The minimum absolute atomic E-state index is 0.0186. The number of nitrogens with zero attached hydrogens (tertiary/aromatic N) is 5. The largest absolute Gasteiger partial charge is 0.379 e. The highest BCUT2D eigenvalue weighted by atomic mass is 32.2. The van der Waals surface area contributed by atoms with Gasteiger partial charge >= 0.3 is 0 Å². The number of sulfone groups is 1. The summed E-state index contributed by atoms with van der Waals surface area (Å²) in [5.74, 6) is -0.148. The van der Waals surface area contributed by atoms with E-state index in [1.165, 1.54) is 6.07 Å². The fourth-order valence-electron chi connectivity index (χ4n) is 2.65. The number of pyridine rings is 1. The second kappa shape index (κ2) is 18.5. The number of ether oxygens (including phenoxy) is 4. The van der Waals surface area contributed by atoms with Crippen LogP contribution < -0.4 is 5.32 Å². The maximum Gasteiger partial charge on any atom is 0.222 e. The molecule has 0 saturated heterocycles. The van der Waals surface area contributed by atoms with Crippen LogP contribution in [0.25, 0.3) is 10.4 Å². The molecule has 0 unspecified atom stereocenters. The van der Waals surface area contributed by atoms with Gasteiger partial charge in [0.15, 0.2) is 14.9 Å². The van der Waals surface area contributed by atoms with Gasteiger partial charge in [-0.15, -0.1) is 0 Å². The van der Waals surface area contributed by atoms with Gasteiger partial charge in [-0.2, -0.15) is 5.26 Å². The van der Waals surface area contributed by atoms with Crippen molar-refractivity contribution in [2.24, 2.45) is 5.11 Å². The predicted octanol–water partition coefficient (Wildman–Crippen LogP) is 1.17. The van der Waals surface area contributed by atoms with Crippen molar-refractivity contribution in [2.75, 3.05) is 72.2 Å². The average molecular weight is 513 g/mol. The molecule has 194 valence electrons. The maximum absolute atomic E-state index is 11.9. The van der Waals surface area contributed by atoms with Gasteiger partial charge < -0.3 is 24.3 Å². The Labute approximate surface area is 205 Å². The lowest BCUT2D eigenvalue weighted by molar-refractivity contribution is -0.122. The SMILES string of the molecule is CS(=O)(=O)c1nc(CCCNC(=O)CCOCCOCCOCCOCCN=[N+]=[N-])ccc1C#N. The van der Waals surface area contributed by atoms with Gasteiger partial charge in [-0.05, 0) is 30.5 Å². The first-order valence-corrected chi connectivity index (χ1v) is 13.0. The molecular weight excluding hydrogens is 480 g/mol. The lowest BCUT2D eigenvalue weighted by atomic mass is 10.2. The van der Waals surface area contributed by atoms with Crippen LogP contribution in [-0.4, -0.2) is 91.5 Å². The first-order valence-electron chi connectivity index (χ1n) is 11.1. The van der Waals surface area contributed by atoms with Crippen molar-refractivity contribution in [1.29, 1.82) is 5.26 Å². The van der Waals surface area contributed by atoms with Crippen molar-refractivity contribution in [3.8, 4) is 6.07 Å². The highest BCUT2D eigenvalue weighted by molar-refractivity contribution is 7.90. The molecule has 0 spiro atoms. The molecular formula is C21H32N6O7S. The van der Waals surface area contributed by atoms with Gasteiger partial charge in [0.1, 0.15) is 6.07 Å². The van der Waals surface area contributed by atoms with Crippen molar-refractivity contribution in [1.82, 2.24) is 10.3 Å². The summed E-state index contributed by atoms with van der Waals surface area (Å²) in [5.41, 5.74) is 8.67. The van der Waals surface area contributed by atoms with E-state index >= 15 is 0 Å². The zero-order chi connectivity index (χ0) is 25.8. The summed E-state index contributed by atoms with van der Waals surface area (Å²) in [5, 5.41) is 14.9. The molecule has 1 aromatic heterocycles. The minimum Gasteiger partial charge on any atom is -0.379 e. The number of rotatable bonds is 20. The molecule has 13 nitrogen and oxygen atoms in total. The second-order valence-corrected chi connectivity index (χ2v) is 9.08. The molecule has 14 heteroatoms. The van der Waals surface area contributed by atoms with E-state index in [1.54, 1.807) is 6.07 Å². The Morgan fingerprint density at radius 2 is 1.69 bits per heavy atom. The van der Waals surface area contributed by atoms with E-state index in [4.69, 9.17) is 29.7 Å². The molecule has 0 fully saturated rings. The molecule has 1 aromatic rings. The molecule has 1 amide bonds. The van der Waals surface area contributed by atoms with Crippen LogP contribution in [-0.2, 0) is 40.0 Å². The van der Waals surface area contributed by atoms with Crippen molar-refractivity contribution >= 4 is 15.7 Å². The van der Waals surface area contributed by atoms with E-state index < -0.39 is 9.84 Å². The Bertz CT molecular complexity index is 961. The van der Waals surface area contributed by atoms with Gasteiger partial charge in [-0.3, -0.25) is 4.79 Å². The Morgan fingerprint density at radius 1 is 1.09 bits per heavy atom. The third kappa shape index (κ3) is 14.9. The van der Waals surface area contributed by atoms with Crippen LogP contribution in [0.2, 0.25) is 0 Å². The van der Waals surface area contributed by atoms with E-state index in [-0.39, 0.29) is 29.5 Å². The fourth-order valence-corrected chi connectivity index (χ4v) is 3.44. The quantitative estimate of drug-likeness (QED) is 0.116. The van der Waals surface area contributed by atoms with Gasteiger partial charge in [0, 0.05) is 36.4 Å². The van der Waals surface area contributed by atoms with E-state index in [0.717, 1.165) is 6.26 Å². The molecule has 1 N–H and O–H groups in total. The Kier molecular flexibility index (Phi) is 16.0. The van der Waals surface area contributed by atoms with Crippen LogP contribution in [0.15, 0.2) is 22.3 Å². The van der Waals surface area contributed by atoms with Gasteiger partial charge in [0.2, 0.25) is 5.91 Å². The summed E-state index contributed by atoms with van der Waals surface area (Å²) in [6.45, 7) is 3.80. The zero-order valence-electron chi connectivity index (χ0n) is 19.8. The first kappa shape index (κ1) is 30.2. The van der Waals surface area contributed by atoms with Crippen molar-refractivity contribution in [3.63, 3.8) is 0 Å². The normalized spacial score (nSPS) is 11.0. The number of hydrogen-bond acceptors (Lipinski definition) is 10. The van der Waals surface area contributed by atoms with Crippen LogP contribution in [0, 0.1) is 11.3 Å². The third-order valence-electron chi connectivity index (χ3n) is 4.31. The molecule has 0 aliphatic rings. The number of hydrogen-bond donors (Lipinski definition) is 1. The Hall–Kier alpha value is -2.79. The van der Waals surface area contributed by atoms with E-state index in [0.29, 0.717) is 77.9 Å². The van der Waals surface area contributed by atoms with Crippen LogP contribution >= 0.6 is 0 Å². The molecule has 0 aliphatic heterocycles. The van der Waals surface area contributed by atoms with Gasteiger partial charge in [0.25, 0.3) is 0 Å². The standard InChI is InChI=1S/C21H32N6O7S/c1-35(29,30)21-18(17-22)4-5-19(26-21)3-2-7-24-20(28)6-9-31-11-13-33-15-16-34-14-12-32-10-8-25-27-23/h4-5H,2-3,6-16H2,1H3,(H,24,28). The van der Waals surface area contributed by atoms with Crippen LogP contribution in [0.3, 0.4) is 0 Å². The number of amides is 1. The number of carbonyl (C=O) groups excluding carboxylic acids is 1. The number of nitrogens with one attached hydrogen (secondary N) is 1. The molecule has 0 bridgehead atoms. The van der Waals surface area contributed by atoms with Gasteiger partial charge in [-0.1, -0.05) is 5.11 Å². The molecule has 1 heterocycles. The Balaban J connectivity index is 1.99. The van der Waals surface area contributed by atoms with E-state index in [1.807, 2.05) is 6.07 Å². The topological polar surface area (TPSA) is 186 Å². The number of azide groups is 1. The number of aromatic nitrogens is 1. The zero-order valence-corrected chi connectivity index (χ0v) is 20.7. The monoisotopic (exact) mass is 512 g/mol. The van der Waals surface area contributed by atoms with Crippen LogP contribution in [0.5, 0.6) is 0 Å². The van der Waals surface area contributed by atoms with Crippen molar-refractivity contribution in [2.45, 2.75) is 24.3 Å². The predicted molar refractivity (Wildman–Crippen MR) is 125 cm³/mol. The van der Waals surface area contributed by atoms with E-state index in [9.17, 15) is 13.2 Å². The van der Waals surface area contributed by atoms with Gasteiger partial charge in [0.05, 0.1) is 58.4 Å². The molecule has 0 aliphatic carbocycles. The maximum atomic E-state index is 11.9. The lowest BCUT2D eigenvalue weighted by Gasteiger charge is -2.08. The second-order valence-electron chi connectivity index (χ2n) is 7.15. The van der Waals surface area contributed by atoms with Crippen molar-refractivity contribution < 1.29 is 32.2 Å². The molecule has 1 rings (SSSR count). The van der Waals surface area contributed by atoms with Crippen LogP contribution in [0.1, 0.15) is 24.1 Å². The number of carbonyl (C=O) groups is 1. The highest BCUT2D eigenvalue weighted by Crippen LogP contribution is 2.13. The lowest BCUT2D eigenvalue weighted by Crippen LogP contribution is -2.26. The average Bonchev–Trinajstić information content (AvgIpc) is 2.83.